The lowest BCUT2D eigenvalue weighted by Gasteiger charge is -2.35. The van der Waals surface area contributed by atoms with Crippen LogP contribution in [0.3, 0.4) is 0 Å². The molecule has 1 aromatic carbocycles. The Morgan fingerprint density at radius 1 is 1.06 bits per heavy atom. The smallest absolute Gasteiger partial charge is 0.354 e. The minimum absolute atomic E-state index is 0.0523. The van der Waals surface area contributed by atoms with Gasteiger partial charge < -0.3 is 9.80 Å². The third-order valence-corrected chi connectivity index (χ3v) is 7.73. The third kappa shape index (κ3) is 4.28. The molecule has 0 radical (unpaired) electrons. The van der Waals surface area contributed by atoms with E-state index in [2.05, 4.69) is 4.98 Å². The van der Waals surface area contributed by atoms with E-state index in [0.717, 1.165) is 17.7 Å². The molecule has 0 unspecified atom stereocenters. The molecule has 12 heteroatoms. The average molecular weight is 489 g/mol. The van der Waals surface area contributed by atoms with E-state index >= 15 is 0 Å². The molecule has 0 N–H and O–H groups in total. The van der Waals surface area contributed by atoms with Crippen molar-refractivity contribution in [2.45, 2.75) is 24.4 Å². The molecule has 0 bridgehead atoms. The molecule has 0 saturated carbocycles. The van der Waals surface area contributed by atoms with E-state index in [1.807, 2.05) is 0 Å². The quantitative estimate of drug-likeness (QED) is 0.620. The van der Waals surface area contributed by atoms with Gasteiger partial charge in [0.2, 0.25) is 15.9 Å². The lowest BCUT2D eigenvalue weighted by molar-refractivity contribution is -0.137. The number of alkyl halides is 3. The van der Waals surface area contributed by atoms with E-state index in [9.17, 15) is 26.4 Å². The zero-order valence-electron chi connectivity index (χ0n) is 17.1. The highest BCUT2D eigenvalue weighted by molar-refractivity contribution is 7.89. The zero-order valence-corrected chi connectivity index (χ0v) is 18.6. The Labute approximate surface area is 188 Å². The molecule has 0 spiro atoms. The normalized spacial score (nSPS) is 17.5. The lowest BCUT2D eigenvalue weighted by Crippen LogP contribution is -2.49. The summed E-state index contributed by atoms with van der Waals surface area (Å²) < 4.78 is 66.8. The molecule has 1 amide bonds. The van der Waals surface area contributed by atoms with Crippen molar-refractivity contribution in [2.75, 3.05) is 42.5 Å². The van der Waals surface area contributed by atoms with Gasteiger partial charge in [0.05, 0.1) is 10.5 Å². The number of carbonyl (C=O) groups excluding carboxylic acids is 1. The minimum Gasteiger partial charge on any atom is -0.354 e. The highest BCUT2D eigenvalue weighted by Gasteiger charge is 2.34. The van der Waals surface area contributed by atoms with E-state index in [1.165, 1.54) is 23.4 Å². The van der Waals surface area contributed by atoms with Crippen LogP contribution in [0.1, 0.15) is 18.1 Å². The van der Waals surface area contributed by atoms with Gasteiger partial charge in [-0.25, -0.2) is 13.4 Å². The van der Waals surface area contributed by atoms with Gasteiger partial charge in [-0.3, -0.25) is 4.79 Å². The van der Waals surface area contributed by atoms with Crippen LogP contribution in [-0.2, 0) is 27.4 Å². The van der Waals surface area contributed by atoms with Crippen LogP contribution in [0, 0.1) is 0 Å². The largest absolute Gasteiger partial charge is 0.416 e. The average Bonchev–Trinajstić information content (AvgIpc) is 3.16. The first-order valence-electron chi connectivity index (χ1n) is 9.88. The molecule has 7 nitrogen and oxygen atoms in total. The summed E-state index contributed by atoms with van der Waals surface area (Å²) in [5.41, 5.74) is 0.604. The molecule has 0 aliphatic carbocycles. The van der Waals surface area contributed by atoms with Crippen LogP contribution >= 0.6 is 11.6 Å². The number of fused-ring (bicyclic) bond motifs is 1. The standard InChI is InChI=1S/C20H20ClF3N4O3S/c1-13(29)28-5-4-14-2-3-16(12-17(14)28)32(30,31)27-8-6-26(7-9-27)19-11-15(20(22,23)24)10-18(21)25-19/h2-3,10-12H,4-9H2,1H3. The molecular weight excluding hydrogens is 469 g/mol. The fourth-order valence-electron chi connectivity index (χ4n) is 3.96. The Hall–Kier alpha value is -2.37. The number of nitrogens with zero attached hydrogens (tertiary/aromatic N) is 4. The fraction of sp³-hybridized carbons (Fsp3) is 0.400. The summed E-state index contributed by atoms with van der Waals surface area (Å²) in [4.78, 5) is 19.0. The Kier molecular flexibility index (Phi) is 5.84. The fourth-order valence-corrected chi connectivity index (χ4v) is 5.61. The van der Waals surface area contributed by atoms with Crippen LogP contribution in [0.15, 0.2) is 35.2 Å². The van der Waals surface area contributed by atoms with Gasteiger partial charge in [0.1, 0.15) is 11.0 Å². The second-order valence-corrected chi connectivity index (χ2v) is 9.96. The third-order valence-electron chi connectivity index (χ3n) is 5.64. The SMILES string of the molecule is CC(=O)N1CCc2ccc(S(=O)(=O)N3CCN(c4cc(C(F)(F)F)cc(Cl)n4)CC3)cc21. The van der Waals surface area contributed by atoms with Crippen LogP contribution < -0.4 is 9.80 Å². The highest BCUT2D eigenvalue weighted by atomic mass is 35.5. The number of hydrogen-bond acceptors (Lipinski definition) is 5. The van der Waals surface area contributed by atoms with Crippen molar-refractivity contribution >= 4 is 39.0 Å². The molecule has 2 aliphatic heterocycles. The van der Waals surface area contributed by atoms with E-state index in [-0.39, 0.29) is 48.0 Å². The van der Waals surface area contributed by atoms with Gasteiger partial charge >= 0.3 is 6.18 Å². The summed E-state index contributed by atoms with van der Waals surface area (Å²) in [6.07, 6.45) is -3.89. The first kappa shape index (κ1) is 22.8. The first-order chi connectivity index (χ1) is 15.0. The van der Waals surface area contributed by atoms with Crippen LogP contribution in [-0.4, -0.2) is 56.3 Å². The predicted molar refractivity (Wildman–Crippen MR) is 113 cm³/mol. The number of benzene rings is 1. The number of rotatable bonds is 3. The Balaban J connectivity index is 1.52. The van der Waals surface area contributed by atoms with Crippen molar-refractivity contribution in [3.8, 4) is 0 Å². The molecule has 1 fully saturated rings. The van der Waals surface area contributed by atoms with Gasteiger partial charge in [-0.15, -0.1) is 0 Å². The molecule has 32 heavy (non-hydrogen) atoms. The molecule has 2 aromatic rings. The number of anilines is 2. The second kappa shape index (κ2) is 8.20. The summed E-state index contributed by atoms with van der Waals surface area (Å²) in [6, 6.07) is 6.42. The molecule has 172 valence electrons. The van der Waals surface area contributed by atoms with Crippen LogP contribution in [0.2, 0.25) is 5.15 Å². The first-order valence-corrected chi connectivity index (χ1v) is 11.7. The van der Waals surface area contributed by atoms with Gasteiger partial charge in [0, 0.05) is 45.3 Å². The summed E-state index contributed by atoms with van der Waals surface area (Å²) in [5.74, 6) is -0.101. The minimum atomic E-state index is -4.56. The van der Waals surface area contributed by atoms with Crippen LogP contribution in [0.5, 0.6) is 0 Å². The van der Waals surface area contributed by atoms with Crippen molar-refractivity contribution in [3.05, 3.63) is 46.6 Å². The van der Waals surface area contributed by atoms with Crippen molar-refractivity contribution in [3.63, 3.8) is 0 Å². The van der Waals surface area contributed by atoms with Crippen LogP contribution in [0.4, 0.5) is 24.7 Å². The molecular formula is C20H20ClF3N4O3S. The van der Waals surface area contributed by atoms with Crippen molar-refractivity contribution in [2.24, 2.45) is 0 Å². The van der Waals surface area contributed by atoms with E-state index in [1.54, 1.807) is 15.9 Å². The molecule has 4 rings (SSSR count). The molecule has 2 aliphatic rings. The topological polar surface area (TPSA) is 73.8 Å². The van der Waals surface area contributed by atoms with Crippen LogP contribution in [0.25, 0.3) is 0 Å². The number of carbonyl (C=O) groups is 1. The number of piperazine rings is 1. The van der Waals surface area contributed by atoms with Gasteiger partial charge in [0.25, 0.3) is 0 Å². The number of amides is 1. The lowest BCUT2D eigenvalue weighted by atomic mass is 10.2. The van der Waals surface area contributed by atoms with Crippen molar-refractivity contribution in [1.82, 2.24) is 9.29 Å². The number of halogens is 4. The van der Waals surface area contributed by atoms with Gasteiger partial charge in [-0.1, -0.05) is 17.7 Å². The predicted octanol–water partition coefficient (Wildman–Crippen LogP) is 3.17. The maximum Gasteiger partial charge on any atom is 0.416 e. The monoisotopic (exact) mass is 488 g/mol. The maximum absolute atomic E-state index is 13.2. The van der Waals surface area contributed by atoms with E-state index in [0.29, 0.717) is 18.7 Å². The van der Waals surface area contributed by atoms with Gasteiger partial charge in [-0.2, -0.15) is 17.5 Å². The highest BCUT2D eigenvalue weighted by Crippen LogP contribution is 2.34. The molecule has 0 atom stereocenters. The van der Waals surface area contributed by atoms with Gasteiger partial charge in [-0.05, 0) is 36.2 Å². The molecule has 1 saturated heterocycles. The zero-order chi connectivity index (χ0) is 23.3. The van der Waals surface area contributed by atoms with Crippen molar-refractivity contribution < 1.29 is 26.4 Å². The second-order valence-electron chi connectivity index (χ2n) is 7.64. The Bertz CT molecular complexity index is 1170. The summed E-state index contributed by atoms with van der Waals surface area (Å²) in [7, 11) is -3.84. The number of sulfonamides is 1. The number of pyridine rings is 1. The summed E-state index contributed by atoms with van der Waals surface area (Å²) in [6.45, 7) is 2.42. The Morgan fingerprint density at radius 2 is 1.75 bits per heavy atom. The maximum atomic E-state index is 13.2. The van der Waals surface area contributed by atoms with Gasteiger partial charge in [0.15, 0.2) is 0 Å². The number of hydrogen-bond donors (Lipinski definition) is 0. The molecule has 1 aromatic heterocycles. The summed E-state index contributed by atoms with van der Waals surface area (Å²) >= 11 is 5.76. The van der Waals surface area contributed by atoms with E-state index in [4.69, 9.17) is 11.6 Å². The van der Waals surface area contributed by atoms with Crippen molar-refractivity contribution in [1.29, 1.82) is 0 Å². The Morgan fingerprint density at radius 3 is 2.38 bits per heavy atom. The molecule has 3 heterocycles. The number of aromatic nitrogens is 1. The summed E-state index contributed by atoms with van der Waals surface area (Å²) in [5, 5.41) is -0.280. The van der Waals surface area contributed by atoms with E-state index < -0.39 is 21.8 Å².